The minimum atomic E-state index is -3.79. The summed E-state index contributed by atoms with van der Waals surface area (Å²) >= 11 is 0. The van der Waals surface area contributed by atoms with Gasteiger partial charge in [0.05, 0.1) is 12.0 Å². The van der Waals surface area contributed by atoms with Gasteiger partial charge in [0.1, 0.15) is 11.3 Å². The molecule has 0 aliphatic rings. The largest absolute Gasteiger partial charge is 0.494 e. The van der Waals surface area contributed by atoms with Gasteiger partial charge < -0.3 is 4.74 Å². The second-order valence-electron chi connectivity index (χ2n) is 5.67. The Morgan fingerprint density at radius 3 is 2.48 bits per heavy atom. The Bertz CT molecular complexity index is 773. The quantitative estimate of drug-likeness (QED) is 0.749. The number of primary sulfonamides is 1. The number of hydrogen-bond donors (Lipinski definition) is 1. The fourth-order valence-corrected chi connectivity index (χ4v) is 3.40. The predicted molar refractivity (Wildman–Crippen MR) is 92.1 cm³/mol. The number of nitrogens with two attached hydrogens (primary N) is 1. The Morgan fingerprint density at radius 1 is 1.09 bits per heavy atom. The number of hydrogen-bond acceptors (Lipinski definition) is 4. The second kappa shape index (κ2) is 7.75. The molecule has 1 heterocycles. The molecule has 2 N–H and O–H groups in total. The maximum atomic E-state index is 11.7. The van der Waals surface area contributed by atoms with Crippen molar-refractivity contribution in [1.29, 1.82) is 0 Å². The summed E-state index contributed by atoms with van der Waals surface area (Å²) in [4.78, 5) is 4.67. The van der Waals surface area contributed by atoms with Gasteiger partial charge in [0, 0.05) is 11.1 Å². The first kappa shape index (κ1) is 17.7. The third-order valence-corrected chi connectivity index (χ3v) is 4.87. The molecule has 0 aliphatic carbocycles. The molecule has 0 fully saturated rings. The van der Waals surface area contributed by atoms with E-state index in [4.69, 9.17) is 9.88 Å². The van der Waals surface area contributed by atoms with Crippen molar-refractivity contribution in [2.75, 3.05) is 7.11 Å². The summed E-state index contributed by atoms with van der Waals surface area (Å²) in [5, 5.41) is 5.78. The lowest BCUT2D eigenvalue weighted by atomic mass is 10.1. The van der Waals surface area contributed by atoms with Crippen molar-refractivity contribution < 1.29 is 13.2 Å². The molecule has 2 aromatic rings. The molecule has 0 saturated heterocycles. The maximum absolute atomic E-state index is 11.7. The van der Waals surface area contributed by atoms with Crippen LogP contribution in [-0.2, 0) is 16.4 Å². The van der Waals surface area contributed by atoms with E-state index in [9.17, 15) is 8.42 Å². The maximum Gasteiger partial charge on any atom is 0.238 e. The molecule has 23 heavy (non-hydrogen) atoms. The number of aromatic nitrogens is 1. The van der Waals surface area contributed by atoms with Crippen molar-refractivity contribution in [3.8, 4) is 5.75 Å². The molecule has 0 unspecified atom stereocenters. The predicted octanol–water partition coefficient (Wildman–Crippen LogP) is 3.40. The topological polar surface area (TPSA) is 82.3 Å². The van der Waals surface area contributed by atoms with Gasteiger partial charge in [-0.05, 0) is 37.1 Å². The van der Waals surface area contributed by atoms with Gasteiger partial charge in [0.15, 0.2) is 0 Å². The molecule has 126 valence electrons. The first-order chi connectivity index (χ1) is 11.0. The summed E-state index contributed by atoms with van der Waals surface area (Å²) in [6.45, 7) is 2.19. The molecule has 1 aromatic heterocycles. The summed E-state index contributed by atoms with van der Waals surface area (Å²) in [6.07, 6.45) is 6.86. The molecule has 5 nitrogen and oxygen atoms in total. The fourth-order valence-electron chi connectivity index (χ4n) is 2.67. The summed E-state index contributed by atoms with van der Waals surface area (Å²) < 4.78 is 28.7. The van der Waals surface area contributed by atoms with Crippen molar-refractivity contribution >= 4 is 20.9 Å². The number of unbranched alkanes of at least 4 members (excludes halogenated alkanes) is 4. The summed E-state index contributed by atoms with van der Waals surface area (Å²) in [6, 6.07) is 6.70. The molecule has 0 saturated carbocycles. The zero-order chi connectivity index (χ0) is 16.9. The van der Waals surface area contributed by atoms with Crippen LogP contribution in [0.2, 0.25) is 0 Å². The Morgan fingerprint density at radius 2 is 1.83 bits per heavy atom. The number of aryl methyl sites for hydroxylation is 1. The van der Waals surface area contributed by atoms with Gasteiger partial charge in [-0.25, -0.2) is 18.5 Å². The number of nitrogens with zero attached hydrogens (tertiary/aromatic N) is 1. The van der Waals surface area contributed by atoms with Crippen molar-refractivity contribution in [3.63, 3.8) is 0 Å². The first-order valence-corrected chi connectivity index (χ1v) is 9.51. The van der Waals surface area contributed by atoms with Gasteiger partial charge in [-0.15, -0.1) is 0 Å². The summed E-state index contributed by atoms with van der Waals surface area (Å²) in [5.74, 6) is 0.556. The molecule has 6 heteroatoms. The molecule has 2 rings (SSSR count). The highest BCUT2D eigenvalue weighted by Gasteiger charge is 2.16. The summed E-state index contributed by atoms with van der Waals surface area (Å²) in [7, 11) is -2.24. The molecular formula is C17H24N2O3S. The molecule has 0 aliphatic heterocycles. The lowest BCUT2D eigenvalue weighted by Gasteiger charge is -2.10. The van der Waals surface area contributed by atoms with Gasteiger partial charge in [0.2, 0.25) is 10.0 Å². The number of methoxy groups -OCH3 is 1. The molecule has 0 radical (unpaired) electrons. The van der Waals surface area contributed by atoms with Gasteiger partial charge in [-0.3, -0.25) is 0 Å². The molecule has 0 bridgehead atoms. The lowest BCUT2D eigenvalue weighted by Crippen LogP contribution is -2.13. The van der Waals surface area contributed by atoms with Gasteiger partial charge >= 0.3 is 0 Å². The average molecular weight is 336 g/mol. The lowest BCUT2D eigenvalue weighted by molar-refractivity contribution is 0.418. The van der Waals surface area contributed by atoms with E-state index in [1.165, 1.54) is 31.7 Å². The van der Waals surface area contributed by atoms with E-state index < -0.39 is 10.0 Å². The molecule has 0 atom stereocenters. The number of pyridine rings is 1. The third kappa shape index (κ3) is 4.42. The number of fused-ring (bicyclic) bond motifs is 1. The zero-order valence-corrected chi connectivity index (χ0v) is 14.5. The molecular weight excluding hydrogens is 312 g/mol. The smallest absolute Gasteiger partial charge is 0.238 e. The minimum absolute atomic E-state index is 0.0790. The molecule has 1 aromatic carbocycles. The van der Waals surface area contributed by atoms with Crippen LogP contribution >= 0.6 is 0 Å². The number of benzene rings is 1. The van der Waals surface area contributed by atoms with Crippen LogP contribution < -0.4 is 9.88 Å². The van der Waals surface area contributed by atoms with E-state index in [0.29, 0.717) is 16.7 Å². The SMILES string of the molecule is CCCCCCCc1ccc2c(S(N)(=O)=O)ccc(OC)c2n1. The minimum Gasteiger partial charge on any atom is -0.494 e. The first-order valence-electron chi connectivity index (χ1n) is 7.96. The van der Waals surface area contributed by atoms with Crippen LogP contribution in [0, 0.1) is 0 Å². The Hall–Kier alpha value is -1.66. The van der Waals surface area contributed by atoms with E-state index >= 15 is 0 Å². The Balaban J connectivity index is 2.31. The van der Waals surface area contributed by atoms with E-state index in [0.717, 1.165) is 18.5 Å². The van der Waals surface area contributed by atoms with Crippen molar-refractivity contribution in [1.82, 2.24) is 4.98 Å². The third-order valence-electron chi connectivity index (χ3n) is 3.90. The number of sulfonamides is 1. The van der Waals surface area contributed by atoms with Crippen LogP contribution in [0.4, 0.5) is 0 Å². The van der Waals surface area contributed by atoms with Crippen molar-refractivity contribution in [2.45, 2.75) is 50.3 Å². The summed E-state index contributed by atoms with van der Waals surface area (Å²) in [5.41, 5.74) is 1.49. The van der Waals surface area contributed by atoms with E-state index in [1.54, 1.807) is 19.2 Å². The van der Waals surface area contributed by atoms with E-state index in [1.807, 2.05) is 6.07 Å². The van der Waals surface area contributed by atoms with Crippen molar-refractivity contribution in [3.05, 3.63) is 30.0 Å². The normalized spacial score (nSPS) is 11.8. The Kier molecular flexibility index (Phi) is 5.96. The number of ether oxygens (including phenoxy) is 1. The molecule has 0 spiro atoms. The zero-order valence-electron chi connectivity index (χ0n) is 13.7. The second-order valence-corrected chi connectivity index (χ2v) is 7.20. The van der Waals surface area contributed by atoms with Crippen LogP contribution in [0.3, 0.4) is 0 Å². The van der Waals surface area contributed by atoms with Gasteiger partial charge in [-0.2, -0.15) is 0 Å². The highest BCUT2D eigenvalue weighted by molar-refractivity contribution is 7.89. The van der Waals surface area contributed by atoms with Gasteiger partial charge in [0.25, 0.3) is 0 Å². The monoisotopic (exact) mass is 336 g/mol. The highest BCUT2D eigenvalue weighted by atomic mass is 32.2. The van der Waals surface area contributed by atoms with Crippen LogP contribution in [0.25, 0.3) is 10.9 Å². The standard InChI is InChI=1S/C17H24N2O3S/c1-3-4-5-6-7-8-13-9-10-14-16(23(18,20)21)12-11-15(22-2)17(14)19-13/h9-12H,3-8H2,1-2H3,(H2,18,20,21). The van der Waals surface area contributed by atoms with Crippen LogP contribution in [0.1, 0.15) is 44.7 Å². The van der Waals surface area contributed by atoms with Crippen molar-refractivity contribution in [2.24, 2.45) is 5.14 Å². The van der Waals surface area contributed by atoms with Crippen LogP contribution in [0.5, 0.6) is 5.75 Å². The average Bonchev–Trinajstić information content (AvgIpc) is 2.52. The Labute approximate surface area is 137 Å². The van der Waals surface area contributed by atoms with Crippen LogP contribution in [-0.4, -0.2) is 20.5 Å². The van der Waals surface area contributed by atoms with E-state index in [-0.39, 0.29) is 4.90 Å². The van der Waals surface area contributed by atoms with E-state index in [2.05, 4.69) is 11.9 Å². The number of rotatable bonds is 8. The fraction of sp³-hybridized carbons (Fsp3) is 0.471. The highest BCUT2D eigenvalue weighted by Crippen LogP contribution is 2.29. The van der Waals surface area contributed by atoms with Crippen LogP contribution in [0.15, 0.2) is 29.2 Å². The molecule has 0 amide bonds. The van der Waals surface area contributed by atoms with Gasteiger partial charge in [-0.1, -0.05) is 32.6 Å².